The molecule has 3 rings (SSSR count). The number of hydrogen-bond donors (Lipinski definition) is 3. The van der Waals surface area contributed by atoms with Crippen molar-refractivity contribution in [2.45, 2.75) is 36.6 Å². The van der Waals surface area contributed by atoms with E-state index in [1.807, 2.05) is 29.2 Å². The molecule has 2 aliphatic heterocycles. The number of aliphatic hydroxyl groups is 3. The van der Waals surface area contributed by atoms with Gasteiger partial charge in [0.15, 0.2) is 0 Å². The summed E-state index contributed by atoms with van der Waals surface area (Å²) in [6.07, 6.45) is -0.745. The van der Waals surface area contributed by atoms with Crippen molar-refractivity contribution in [2.75, 3.05) is 20.3 Å². The van der Waals surface area contributed by atoms with Gasteiger partial charge in [-0.25, -0.2) is 0 Å². The summed E-state index contributed by atoms with van der Waals surface area (Å²) in [5.74, 6) is 0.992. The smallest absolute Gasteiger partial charge is 0.118 e. The monoisotopic (exact) mass is 279 g/mol. The van der Waals surface area contributed by atoms with Crippen molar-refractivity contribution in [1.82, 2.24) is 4.90 Å². The molecule has 0 amide bonds. The van der Waals surface area contributed by atoms with Crippen molar-refractivity contribution < 1.29 is 20.1 Å². The Hall–Kier alpha value is -1.14. The summed E-state index contributed by atoms with van der Waals surface area (Å²) in [4.78, 5) is 2.05. The molecule has 5 nitrogen and oxygen atoms in total. The topological polar surface area (TPSA) is 73.2 Å². The zero-order valence-corrected chi connectivity index (χ0v) is 11.5. The zero-order chi connectivity index (χ0) is 14.3. The van der Waals surface area contributed by atoms with Crippen LogP contribution in [0.1, 0.15) is 17.9 Å². The van der Waals surface area contributed by atoms with Crippen molar-refractivity contribution in [3.63, 3.8) is 0 Å². The molecule has 5 atom stereocenters. The molecule has 0 unspecified atom stereocenters. The van der Waals surface area contributed by atoms with Crippen LogP contribution in [0.3, 0.4) is 0 Å². The normalized spacial score (nSPS) is 37.1. The van der Waals surface area contributed by atoms with Crippen LogP contribution in [-0.2, 0) is 0 Å². The van der Waals surface area contributed by atoms with E-state index in [-0.39, 0.29) is 24.6 Å². The van der Waals surface area contributed by atoms with Crippen LogP contribution < -0.4 is 4.74 Å². The first kappa shape index (κ1) is 13.8. The molecule has 0 bridgehead atoms. The Labute approximate surface area is 118 Å². The second-order valence-electron chi connectivity index (χ2n) is 5.63. The summed E-state index contributed by atoms with van der Waals surface area (Å²) in [7, 11) is 1.63. The summed E-state index contributed by atoms with van der Waals surface area (Å²) in [5, 5.41) is 29.7. The fourth-order valence-corrected chi connectivity index (χ4v) is 3.71. The van der Waals surface area contributed by atoms with Gasteiger partial charge in [-0.1, -0.05) is 12.1 Å². The molecule has 2 aliphatic rings. The first-order valence-corrected chi connectivity index (χ1v) is 7.04. The van der Waals surface area contributed by atoms with Crippen molar-refractivity contribution in [3.8, 4) is 5.75 Å². The first-order valence-electron chi connectivity index (χ1n) is 7.04. The lowest BCUT2D eigenvalue weighted by Gasteiger charge is -2.25. The van der Waals surface area contributed by atoms with E-state index in [4.69, 9.17) is 4.74 Å². The quantitative estimate of drug-likeness (QED) is 0.723. The highest BCUT2D eigenvalue weighted by atomic mass is 16.5. The van der Waals surface area contributed by atoms with E-state index >= 15 is 0 Å². The van der Waals surface area contributed by atoms with E-state index in [2.05, 4.69) is 0 Å². The molecule has 2 heterocycles. The summed E-state index contributed by atoms with van der Waals surface area (Å²) >= 11 is 0. The lowest BCUT2D eigenvalue weighted by molar-refractivity contribution is 0.0139. The number of ether oxygens (including phenoxy) is 1. The molecule has 5 heteroatoms. The molecule has 110 valence electrons. The van der Waals surface area contributed by atoms with E-state index in [1.54, 1.807) is 7.11 Å². The number of benzene rings is 1. The summed E-state index contributed by atoms with van der Waals surface area (Å²) < 4.78 is 5.16. The number of hydrogen-bond acceptors (Lipinski definition) is 5. The van der Waals surface area contributed by atoms with Gasteiger partial charge in [-0.15, -0.1) is 0 Å². The first-order chi connectivity index (χ1) is 9.67. The van der Waals surface area contributed by atoms with Crippen LogP contribution in [0.25, 0.3) is 0 Å². The van der Waals surface area contributed by atoms with Gasteiger partial charge >= 0.3 is 0 Å². The summed E-state index contributed by atoms with van der Waals surface area (Å²) in [5.41, 5.74) is 1.14. The van der Waals surface area contributed by atoms with E-state index in [0.717, 1.165) is 24.3 Å². The average Bonchev–Trinajstić information content (AvgIpc) is 3.00. The van der Waals surface area contributed by atoms with Gasteiger partial charge in [-0.05, 0) is 30.7 Å². The number of rotatable bonds is 3. The Kier molecular flexibility index (Phi) is 3.69. The largest absolute Gasteiger partial charge is 0.497 e. The lowest BCUT2D eigenvalue weighted by Crippen LogP contribution is -2.38. The Morgan fingerprint density at radius 1 is 1.20 bits per heavy atom. The maximum atomic E-state index is 10.3. The minimum Gasteiger partial charge on any atom is -0.497 e. The second-order valence-corrected chi connectivity index (χ2v) is 5.63. The Bertz CT molecular complexity index is 463. The fraction of sp³-hybridized carbons (Fsp3) is 0.600. The van der Waals surface area contributed by atoms with Gasteiger partial charge in [0.2, 0.25) is 0 Å². The number of methoxy groups -OCH3 is 1. The van der Waals surface area contributed by atoms with Gasteiger partial charge in [0.25, 0.3) is 0 Å². The van der Waals surface area contributed by atoms with E-state index in [0.29, 0.717) is 0 Å². The molecule has 2 saturated heterocycles. The van der Waals surface area contributed by atoms with Gasteiger partial charge in [-0.2, -0.15) is 0 Å². The Morgan fingerprint density at radius 3 is 2.50 bits per heavy atom. The predicted molar refractivity (Wildman–Crippen MR) is 73.7 cm³/mol. The predicted octanol–water partition coefficient (Wildman–Crippen LogP) is -0.0506. The standard InChI is InChI=1S/C15H21NO4/c1-20-10-4-2-9(3-5-10)11-6-7-16-12(8-17)14(18)15(19)13(11)16/h2-5,11-15,17-19H,6-8H2,1H3/t11-,12+,13+,14+,15+/m1/s1. The van der Waals surface area contributed by atoms with Gasteiger partial charge in [0, 0.05) is 12.0 Å². The van der Waals surface area contributed by atoms with Gasteiger partial charge in [-0.3, -0.25) is 4.90 Å². The van der Waals surface area contributed by atoms with Gasteiger partial charge in [0.1, 0.15) is 5.75 Å². The second kappa shape index (κ2) is 5.33. The molecule has 0 aromatic heterocycles. The minimum atomic E-state index is -0.869. The van der Waals surface area contributed by atoms with Crippen LogP contribution in [-0.4, -0.2) is 64.8 Å². The van der Waals surface area contributed by atoms with Crippen molar-refractivity contribution in [1.29, 1.82) is 0 Å². The molecule has 20 heavy (non-hydrogen) atoms. The summed E-state index contributed by atoms with van der Waals surface area (Å²) in [6, 6.07) is 7.39. The molecule has 2 fully saturated rings. The van der Waals surface area contributed by atoms with E-state index < -0.39 is 12.2 Å². The lowest BCUT2D eigenvalue weighted by atomic mass is 9.88. The molecule has 1 aromatic rings. The van der Waals surface area contributed by atoms with Crippen LogP contribution in [0.2, 0.25) is 0 Å². The van der Waals surface area contributed by atoms with Gasteiger partial charge < -0.3 is 20.1 Å². The molecule has 0 aliphatic carbocycles. The van der Waals surface area contributed by atoms with E-state index in [1.165, 1.54) is 0 Å². The highest BCUT2D eigenvalue weighted by Crippen LogP contribution is 2.42. The Balaban J connectivity index is 1.85. The van der Waals surface area contributed by atoms with Crippen LogP contribution in [0.15, 0.2) is 24.3 Å². The third kappa shape index (κ3) is 2.02. The molecule has 1 aromatic carbocycles. The molecule has 3 N–H and O–H groups in total. The van der Waals surface area contributed by atoms with Crippen LogP contribution >= 0.6 is 0 Å². The summed E-state index contributed by atoms with van der Waals surface area (Å²) in [6.45, 7) is 0.671. The number of nitrogens with zero attached hydrogens (tertiary/aromatic N) is 1. The van der Waals surface area contributed by atoms with Crippen LogP contribution in [0, 0.1) is 0 Å². The highest BCUT2D eigenvalue weighted by Gasteiger charge is 2.53. The molecule has 0 saturated carbocycles. The zero-order valence-electron chi connectivity index (χ0n) is 11.5. The molecule has 0 radical (unpaired) electrons. The minimum absolute atomic E-state index is 0.115. The van der Waals surface area contributed by atoms with Gasteiger partial charge in [0.05, 0.1) is 32.0 Å². The van der Waals surface area contributed by atoms with Crippen molar-refractivity contribution in [3.05, 3.63) is 29.8 Å². The number of aliphatic hydroxyl groups excluding tert-OH is 3. The van der Waals surface area contributed by atoms with Crippen molar-refractivity contribution in [2.24, 2.45) is 0 Å². The maximum absolute atomic E-state index is 10.3. The van der Waals surface area contributed by atoms with Crippen LogP contribution in [0.4, 0.5) is 0 Å². The third-order valence-corrected chi connectivity index (χ3v) is 4.74. The average molecular weight is 279 g/mol. The molecular formula is C15H21NO4. The molecule has 0 spiro atoms. The third-order valence-electron chi connectivity index (χ3n) is 4.74. The number of fused-ring (bicyclic) bond motifs is 1. The fourth-order valence-electron chi connectivity index (χ4n) is 3.71. The van der Waals surface area contributed by atoms with Crippen LogP contribution in [0.5, 0.6) is 5.75 Å². The highest BCUT2D eigenvalue weighted by molar-refractivity contribution is 5.32. The Morgan fingerprint density at radius 2 is 1.90 bits per heavy atom. The maximum Gasteiger partial charge on any atom is 0.118 e. The van der Waals surface area contributed by atoms with Crippen molar-refractivity contribution >= 4 is 0 Å². The SMILES string of the molecule is COc1ccc([C@H]2CCN3[C@@H]2[C@H](O)[C@@H](O)[C@@H]3CO)cc1. The van der Waals surface area contributed by atoms with E-state index in [9.17, 15) is 15.3 Å². The molecular weight excluding hydrogens is 258 g/mol.